The lowest BCUT2D eigenvalue weighted by atomic mass is 10.0. The largest absolute Gasteiger partial charge is 0.481 e. The van der Waals surface area contributed by atoms with Crippen LogP contribution in [0.2, 0.25) is 5.02 Å². The SMILES string of the molecule is CN(C(=O)Nc1ccc(Cl)c(F)c1)C1COCC1C(=O)O. The fourth-order valence-electron chi connectivity index (χ4n) is 2.10. The number of carboxylic acids is 1. The van der Waals surface area contributed by atoms with Gasteiger partial charge in [0.1, 0.15) is 11.7 Å². The Morgan fingerprint density at radius 2 is 2.19 bits per heavy atom. The molecule has 2 N–H and O–H groups in total. The van der Waals surface area contributed by atoms with Crippen LogP contribution in [0.5, 0.6) is 0 Å². The molecule has 0 bridgehead atoms. The lowest BCUT2D eigenvalue weighted by Crippen LogP contribution is -2.45. The Morgan fingerprint density at radius 1 is 1.48 bits per heavy atom. The van der Waals surface area contributed by atoms with Crippen LogP contribution in [0.1, 0.15) is 0 Å². The number of aliphatic carboxylic acids is 1. The van der Waals surface area contributed by atoms with Gasteiger partial charge in [0.2, 0.25) is 0 Å². The van der Waals surface area contributed by atoms with Crippen LogP contribution in [0.4, 0.5) is 14.9 Å². The monoisotopic (exact) mass is 316 g/mol. The quantitative estimate of drug-likeness (QED) is 0.894. The van der Waals surface area contributed by atoms with E-state index in [0.29, 0.717) is 0 Å². The number of hydrogen-bond donors (Lipinski definition) is 2. The number of likely N-dealkylation sites (N-methyl/N-ethyl adjacent to an activating group) is 1. The number of ether oxygens (including phenoxy) is 1. The fourth-order valence-corrected chi connectivity index (χ4v) is 2.21. The fraction of sp³-hybridized carbons (Fsp3) is 0.385. The van der Waals surface area contributed by atoms with Gasteiger partial charge in [-0.15, -0.1) is 0 Å². The van der Waals surface area contributed by atoms with E-state index in [-0.39, 0.29) is 23.9 Å². The lowest BCUT2D eigenvalue weighted by molar-refractivity contribution is -0.142. The van der Waals surface area contributed by atoms with Gasteiger partial charge in [-0.3, -0.25) is 4.79 Å². The topological polar surface area (TPSA) is 78.9 Å². The summed E-state index contributed by atoms with van der Waals surface area (Å²) in [6, 6.07) is 2.76. The molecule has 1 fully saturated rings. The number of carbonyl (C=O) groups is 2. The Bertz CT molecular complexity index is 569. The molecule has 0 aromatic heterocycles. The van der Waals surface area contributed by atoms with E-state index in [1.54, 1.807) is 0 Å². The molecule has 2 amide bonds. The minimum Gasteiger partial charge on any atom is -0.481 e. The van der Waals surface area contributed by atoms with Crippen LogP contribution in [0.25, 0.3) is 0 Å². The van der Waals surface area contributed by atoms with Crippen molar-refractivity contribution >= 4 is 29.3 Å². The average molecular weight is 317 g/mol. The number of anilines is 1. The van der Waals surface area contributed by atoms with Gasteiger partial charge in [-0.05, 0) is 18.2 Å². The summed E-state index contributed by atoms with van der Waals surface area (Å²) >= 11 is 5.56. The molecule has 0 spiro atoms. The molecule has 2 unspecified atom stereocenters. The van der Waals surface area contributed by atoms with Crippen LogP contribution in [0.3, 0.4) is 0 Å². The molecule has 6 nitrogen and oxygen atoms in total. The van der Waals surface area contributed by atoms with Gasteiger partial charge in [-0.25, -0.2) is 9.18 Å². The number of urea groups is 1. The van der Waals surface area contributed by atoms with E-state index in [1.807, 2.05) is 0 Å². The van der Waals surface area contributed by atoms with Crippen LogP contribution in [0.15, 0.2) is 18.2 Å². The van der Waals surface area contributed by atoms with Crippen molar-refractivity contribution in [3.05, 3.63) is 29.0 Å². The van der Waals surface area contributed by atoms with Gasteiger partial charge >= 0.3 is 12.0 Å². The summed E-state index contributed by atoms with van der Waals surface area (Å²) in [4.78, 5) is 24.4. The molecular formula is C13H14ClFN2O4. The highest BCUT2D eigenvalue weighted by Crippen LogP contribution is 2.22. The van der Waals surface area contributed by atoms with E-state index < -0.39 is 29.8 Å². The van der Waals surface area contributed by atoms with Crippen LogP contribution >= 0.6 is 11.6 Å². The Hall–Kier alpha value is -1.86. The van der Waals surface area contributed by atoms with Crippen molar-refractivity contribution in [2.45, 2.75) is 6.04 Å². The van der Waals surface area contributed by atoms with Crippen LogP contribution in [-0.2, 0) is 9.53 Å². The maximum atomic E-state index is 13.3. The molecule has 0 aliphatic carbocycles. The van der Waals surface area contributed by atoms with Gasteiger partial charge in [0.05, 0.1) is 24.3 Å². The molecule has 21 heavy (non-hydrogen) atoms. The first-order chi connectivity index (χ1) is 9.90. The first kappa shape index (κ1) is 15.5. The van der Waals surface area contributed by atoms with E-state index in [4.69, 9.17) is 21.4 Å². The van der Waals surface area contributed by atoms with Gasteiger partial charge in [0.15, 0.2) is 0 Å². The highest BCUT2D eigenvalue weighted by atomic mass is 35.5. The van der Waals surface area contributed by atoms with Gasteiger partial charge in [0, 0.05) is 12.7 Å². The predicted molar refractivity (Wildman–Crippen MR) is 73.9 cm³/mol. The van der Waals surface area contributed by atoms with Crippen molar-refractivity contribution in [1.82, 2.24) is 4.90 Å². The predicted octanol–water partition coefficient (Wildman–Crippen LogP) is 2.04. The Morgan fingerprint density at radius 3 is 2.81 bits per heavy atom. The molecule has 1 saturated heterocycles. The second-order valence-electron chi connectivity index (χ2n) is 4.72. The number of halogens is 2. The maximum absolute atomic E-state index is 13.3. The zero-order valence-corrected chi connectivity index (χ0v) is 11.9. The third-order valence-electron chi connectivity index (χ3n) is 3.36. The zero-order chi connectivity index (χ0) is 15.6. The summed E-state index contributed by atoms with van der Waals surface area (Å²) in [5, 5.41) is 11.5. The average Bonchev–Trinajstić information content (AvgIpc) is 2.91. The smallest absolute Gasteiger partial charge is 0.321 e. The van der Waals surface area contributed by atoms with E-state index >= 15 is 0 Å². The van der Waals surface area contributed by atoms with Gasteiger partial charge in [-0.1, -0.05) is 11.6 Å². The molecule has 8 heteroatoms. The number of amides is 2. The molecule has 2 atom stereocenters. The minimum absolute atomic E-state index is 0.0449. The first-order valence-electron chi connectivity index (χ1n) is 6.19. The molecule has 1 aromatic carbocycles. The van der Waals surface area contributed by atoms with Crippen molar-refractivity contribution in [2.75, 3.05) is 25.6 Å². The summed E-state index contributed by atoms with van der Waals surface area (Å²) in [6.07, 6.45) is 0. The van der Waals surface area contributed by atoms with Crippen LogP contribution in [-0.4, -0.2) is 48.3 Å². The van der Waals surface area contributed by atoms with E-state index in [2.05, 4.69) is 5.32 Å². The molecular weight excluding hydrogens is 303 g/mol. The van der Waals surface area contributed by atoms with Crippen molar-refractivity contribution in [2.24, 2.45) is 5.92 Å². The van der Waals surface area contributed by atoms with Gasteiger partial charge in [-0.2, -0.15) is 0 Å². The first-order valence-corrected chi connectivity index (χ1v) is 6.57. The zero-order valence-electron chi connectivity index (χ0n) is 11.2. The molecule has 1 heterocycles. The van der Waals surface area contributed by atoms with E-state index in [0.717, 1.165) is 6.07 Å². The number of carbonyl (C=O) groups excluding carboxylic acids is 1. The number of nitrogens with zero attached hydrogens (tertiary/aromatic N) is 1. The molecule has 1 aliphatic heterocycles. The van der Waals surface area contributed by atoms with Crippen LogP contribution in [0, 0.1) is 11.7 Å². The number of carboxylic acid groups (broad SMARTS) is 1. The molecule has 0 saturated carbocycles. The summed E-state index contributed by atoms with van der Waals surface area (Å²) in [6.45, 7) is 0.211. The number of hydrogen-bond acceptors (Lipinski definition) is 3. The highest BCUT2D eigenvalue weighted by molar-refractivity contribution is 6.30. The van der Waals surface area contributed by atoms with E-state index in [1.165, 1.54) is 24.1 Å². The second kappa shape index (κ2) is 6.28. The van der Waals surface area contributed by atoms with Crippen molar-refractivity contribution in [3.63, 3.8) is 0 Å². The van der Waals surface area contributed by atoms with Crippen molar-refractivity contribution in [3.8, 4) is 0 Å². The number of benzene rings is 1. The number of rotatable bonds is 3. The van der Waals surface area contributed by atoms with Crippen molar-refractivity contribution < 1.29 is 23.8 Å². The lowest BCUT2D eigenvalue weighted by Gasteiger charge is -2.26. The minimum atomic E-state index is -1.02. The van der Waals surface area contributed by atoms with E-state index in [9.17, 15) is 14.0 Å². The third-order valence-corrected chi connectivity index (χ3v) is 3.66. The Kier molecular flexibility index (Phi) is 4.64. The summed E-state index contributed by atoms with van der Waals surface area (Å²) in [7, 11) is 1.47. The maximum Gasteiger partial charge on any atom is 0.321 e. The van der Waals surface area contributed by atoms with Crippen LogP contribution < -0.4 is 5.32 Å². The van der Waals surface area contributed by atoms with Gasteiger partial charge in [0.25, 0.3) is 0 Å². The standard InChI is InChI=1S/C13H14ClFN2O4/c1-17(11-6-21-5-8(11)12(18)19)13(20)16-7-2-3-9(14)10(15)4-7/h2-4,8,11H,5-6H2,1H3,(H,16,20)(H,18,19). The van der Waals surface area contributed by atoms with Crippen molar-refractivity contribution in [1.29, 1.82) is 0 Å². The summed E-state index contributed by atoms with van der Waals surface area (Å²) < 4.78 is 18.4. The molecule has 0 radical (unpaired) electrons. The number of nitrogens with one attached hydrogen (secondary N) is 1. The normalized spacial score (nSPS) is 21.1. The second-order valence-corrected chi connectivity index (χ2v) is 5.13. The summed E-state index contributed by atoms with van der Waals surface area (Å²) in [5.41, 5.74) is 0.236. The Labute approximate surface area is 125 Å². The summed E-state index contributed by atoms with van der Waals surface area (Å²) in [5.74, 6) is -2.44. The van der Waals surface area contributed by atoms with Gasteiger partial charge < -0.3 is 20.1 Å². The molecule has 2 rings (SSSR count). The molecule has 1 aliphatic rings. The highest BCUT2D eigenvalue weighted by Gasteiger charge is 2.38. The molecule has 114 valence electrons. The third kappa shape index (κ3) is 3.43. The molecule has 1 aromatic rings. The Balaban J connectivity index is 2.05.